The van der Waals surface area contributed by atoms with Gasteiger partial charge in [0.05, 0.1) is 11.2 Å². The van der Waals surface area contributed by atoms with E-state index in [0.717, 1.165) is 90.6 Å². The van der Waals surface area contributed by atoms with E-state index in [1.807, 2.05) is 26.0 Å². The van der Waals surface area contributed by atoms with Crippen LogP contribution in [0.15, 0.2) is 67.3 Å². The zero-order valence-electron chi connectivity index (χ0n) is 26.2. The molecule has 2 aromatic heterocycles. The number of fused-ring (bicyclic) bond motifs is 1. The van der Waals surface area contributed by atoms with Gasteiger partial charge in [-0.1, -0.05) is 57.4 Å². The number of allylic oxidation sites excluding steroid dienone is 7. The summed E-state index contributed by atoms with van der Waals surface area (Å²) in [5.41, 5.74) is 8.45. The van der Waals surface area contributed by atoms with Crippen LogP contribution in [0, 0.1) is 6.92 Å². The van der Waals surface area contributed by atoms with Gasteiger partial charge in [0, 0.05) is 37.3 Å². The van der Waals surface area contributed by atoms with Gasteiger partial charge in [-0.2, -0.15) is 5.10 Å². The molecule has 220 valence electrons. The molecule has 7 nitrogen and oxygen atoms in total. The highest BCUT2D eigenvalue weighted by molar-refractivity contribution is 5.94. The molecule has 41 heavy (non-hydrogen) atoms. The molecular weight excluding hydrogens is 506 g/mol. The van der Waals surface area contributed by atoms with Gasteiger partial charge >= 0.3 is 0 Å². The van der Waals surface area contributed by atoms with Crippen molar-refractivity contribution in [1.29, 1.82) is 0 Å². The first-order valence-corrected chi connectivity index (χ1v) is 14.8. The van der Waals surface area contributed by atoms with Crippen molar-refractivity contribution in [3.8, 4) is 11.5 Å². The Hall–Kier alpha value is -3.68. The zero-order valence-corrected chi connectivity index (χ0v) is 26.2. The summed E-state index contributed by atoms with van der Waals surface area (Å²) in [6, 6.07) is 6.45. The van der Waals surface area contributed by atoms with Gasteiger partial charge in [0.25, 0.3) is 0 Å². The van der Waals surface area contributed by atoms with Crippen molar-refractivity contribution in [2.24, 2.45) is 0 Å². The van der Waals surface area contributed by atoms with E-state index in [1.165, 1.54) is 11.1 Å². The van der Waals surface area contributed by atoms with Gasteiger partial charge in [-0.25, -0.2) is 4.98 Å². The van der Waals surface area contributed by atoms with Crippen molar-refractivity contribution < 1.29 is 0 Å². The Morgan fingerprint density at radius 3 is 2.49 bits per heavy atom. The topological polar surface area (TPSA) is 67.1 Å². The van der Waals surface area contributed by atoms with Crippen molar-refractivity contribution in [2.45, 2.75) is 40.5 Å². The van der Waals surface area contributed by atoms with Crippen LogP contribution in [-0.4, -0.2) is 88.7 Å². The fourth-order valence-corrected chi connectivity index (χ4v) is 5.05. The Labute approximate surface area is 247 Å². The fourth-order valence-electron chi connectivity index (χ4n) is 5.05. The summed E-state index contributed by atoms with van der Waals surface area (Å²) in [6.07, 6.45) is 12.4. The normalized spacial score (nSPS) is 15.3. The molecule has 1 aliphatic heterocycles. The monoisotopic (exact) mass is 555 g/mol. The minimum absolute atomic E-state index is 0.767. The lowest BCUT2D eigenvalue weighted by atomic mass is 9.99. The fraction of sp³-hybridized carbons (Fsp3) is 0.412. The highest BCUT2D eigenvalue weighted by Gasteiger charge is 2.22. The second-order valence-corrected chi connectivity index (χ2v) is 10.5. The second kappa shape index (κ2) is 15.4. The first kappa shape index (κ1) is 31.8. The van der Waals surface area contributed by atoms with Crippen molar-refractivity contribution in [1.82, 2.24) is 34.9 Å². The average molecular weight is 556 g/mol. The smallest absolute Gasteiger partial charge is 0.159 e. The molecule has 2 N–H and O–H groups in total. The van der Waals surface area contributed by atoms with E-state index in [9.17, 15) is 0 Å². The minimum atomic E-state index is 0.767. The largest absolute Gasteiger partial charge is 0.367 e. The van der Waals surface area contributed by atoms with Gasteiger partial charge in [0.15, 0.2) is 5.82 Å². The summed E-state index contributed by atoms with van der Waals surface area (Å²) < 4.78 is 0. The van der Waals surface area contributed by atoms with Gasteiger partial charge in [-0.15, -0.1) is 0 Å². The van der Waals surface area contributed by atoms with Crippen LogP contribution in [0.3, 0.4) is 0 Å². The molecule has 1 aliphatic rings. The summed E-state index contributed by atoms with van der Waals surface area (Å²) in [7, 11) is 6.39. The summed E-state index contributed by atoms with van der Waals surface area (Å²) >= 11 is 0. The van der Waals surface area contributed by atoms with E-state index in [-0.39, 0.29) is 0 Å². The number of nitrogens with one attached hydrogen (secondary N) is 2. The molecular formula is C34H49N7. The Kier molecular flexibility index (Phi) is 11.9. The number of imidazole rings is 1. The molecule has 0 radical (unpaired) electrons. The number of aromatic amines is 2. The first-order chi connectivity index (χ1) is 19.8. The summed E-state index contributed by atoms with van der Waals surface area (Å²) in [5.74, 6) is 0.767. The number of aryl methyl sites for hydroxylation is 1. The Balaban J connectivity index is 0.00000226. The number of hydrogen-bond donors (Lipinski definition) is 2. The van der Waals surface area contributed by atoms with Gasteiger partial charge in [0.2, 0.25) is 0 Å². The van der Waals surface area contributed by atoms with Crippen LogP contribution >= 0.6 is 0 Å². The van der Waals surface area contributed by atoms with Crippen LogP contribution in [0.5, 0.6) is 0 Å². The highest BCUT2D eigenvalue weighted by atomic mass is 15.3. The molecule has 0 aliphatic carbocycles. The number of hydrogen-bond acceptors (Lipinski definition) is 5. The van der Waals surface area contributed by atoms with Gasteiger partial charge < -0.3 is 19.7 Å². The van der Waals surface area contributed by atoms with Crippen molar-refractivity contribution >= 4 is 22.2 Å². The van der Waals surface area contributed by atoms with E-state index in [4.69, 9.17) is 4.98 Å². The van der Waals surface area contributed by atoms with Crippen molar-refractivity contribution in [3.63, 3.8) is 0 Å². The van der Waals surface area contributed by atoms with Crippen LogP contribution in [0.1, 0.15) is 50.6 Å². The molecule has 0 atom stereocenters. The third kappa shape index (κ3) is 7.96. The van der Waals surface area contributed by atoms with Crippen molar-refractivity contribution in [3.05, 3.63) is 84.3 Å². The Bertz CT molecular complexity index is 1390. The van der Waals surface area contributed by atoms with Crippen LogP contribution in [-0.2, 0) is 0 Å². The maximum atomic E-state index is 5.07. The van der Waals surface area contributed by atoms with E-state index < -0.39 is 0 Å². The third-order valence-electron chi connectivity index (χ3n) is 7.35. The second-order valence-electron chi connectivity index (χ2n) is 10.5. The van der Waals surface area contributed by atoms with E-state index in [2.05, 4.69) is 114 Å². The molecule has 1 aromatic carbocycles. The molecule has 1 saturated heterocycles. The molecule has 3 aromatic rings. The third-order valence-corrected chi connectivity index (χ3v) is 7.35. The van der Waals surface area contributed by atoms with E-state index >= 15 is 0 Å². The van der Waals surface area contributed by atoms with Gasteiger partial charge in [-0.05, 0) is 89.3 Å². The molecule has 3 heterocycles. The number of benzene rings is 1. The molecule has 1 fully saturated rings. The number of likely N-dealkylation sites (N-methyl/N-ethyl adjacent to an activating group) is 1. The summed E-state index contributed by atoms with van der Waals surface area (Å²) in [4.78, 5) is 15.6. The SMILES string of the molecule is C=C/C=C(\c1nc(-c2n[nH]c3ccc(C(/C=C(\C=C)CCCN(C)C)=C/C)cc23)[nH]c1C)N1CCN(C)CC1.CC. The molecule has 0 unspecified atom stereocenters. The number of H-pyrrole nitrogens is 2. The van der Waals surface area contributed by atoms with Crippen LogP contribution in [0.2, 0.25) is 0 Å². The zero-order chi connectivity index (χ0) is 29.9. The number of piperazine rings is 1. The Morgan fingerprint density at radius 1 is 1.12 bits per heavy atom. The van der Waals surface area contributed by atoms with Crippen LogP contribution < -0.4 is 0 Å². The maximum absolute atomic E-state index is 5.07. The number of aromatic nitrogens is 4. The lowest BCUT2D eigenvalue weighted by Gasteiger charge is -2.35. The van der Waals surface area contributed by atoms with E-state index in [1.54, 1.807) is 0 Å². The number of rotatable bonds is 11. The highest BCUT2D eigenvalue weighted by Crippen LogP contribution is 2.31. The lowest BCUT2D eigenvalue weighted by Crippen LogP contribution is -2.43. The summed E-state index contributed by atoms with van der Waals surface area (Å²) in [5, 5.41) is 8.92. The molecule has 7 heteroatoms. The number of nitrogens with zero attached hydrogens (tertiary/aromatic N) is 5. The van der Waals surface area contributed by atoms with Gasteiger partial charge in [0.1, 0.15) is 11.4 Å². The van der Waals surface area contributed by atoms with Gasteiger partial charge in [-0.3, -0.25) is 5.10 Å². The average Bonchev–Trinajstić information content (AvgIpc) is 3.57. The van der Waals surface area contributed by atoms with E-state index in [0.29, 0.717) is 0 Å². The standard InChI is InChI=1S/C32H43N7.C2H6/c1-8-12-29(39-19-17-38(7)18-20-39)30-23(4)33-32(34-30)31-27-22-26(14-15-28(27)35-36-31)25(10-3)21-24(9-2)13-11-16-37(5)6;1-2/h8-10,12,14-15,21-22H,1-2,11,13,16-20H2,3-7H3,(H,33,34)(H,35,36);1-2H3/b24-21+,25-10+,29-12+;. The summed E-state index contributed by atoms with van der Waals surface area (Å²) in [6.45, 7) is 21.2. The molecule has 0 spiro atoms. The predicted molar refractivity (Wildman–Crippen MR) is 177 cm³/mol. The quantitative estimate of drug-likeness (QED) is 0.251. The lowest BCUT2D eigenvalue weighted by molar-refractivity contribution is 0.207. The molecule has 0 amide bonds. The minimum Gasteiger partial charge on any atom is -0.367 e. The maximum Gasteiger partial charge on any atom is 0.159 e. The first-order valence-electron chi connectivity index (χ1n) is 14.8. The van der Waals surface area contributed by atoms with Crippen LogP contribution in [0.25, 0.3) is 33.7 Å². The van der Waals surface area contributed by atoms with Crippen molar-refractivity contribution in [2.75, 3.05) is 53.9 Å². The Morgan fingerprint density at radius 2 is 1.85 bits per heavy atom. The van der Waals surface area contributed by atoms with Crippen LogP contribution in [0.4, 0.5) is 0 Å². The molecule has 0 bridgehead atoms. The molecule has 0 saturated carbocycles. The molecule has 4 rings (SSSR count). The predicted octanol–water partition coefficient (Wildman–Crippen LogP) is 6.92.